The number of nitrogens with one attached hydrogen (secondary N) is 1. The highest BCUT2D eigenvalue weighted by Crippen LogP contribution is 2.14. The van der Waals surface area contributed by atoms with Gasteiger partial charge in [0.15, 0.2) is 0 Å². The lowest BCUT2D eigenvalue weighted by molar-refractivity contribution is 0.239. The zero-order valence-corrected chi connectivity index (χ0v) is 13.1. The first kappa shape index (κ1) is 14.7. The molecular formula is C14H22N8. The lowest BCUT2D eigenvalue weighted by Gasteiger charge is -2.34. The van der Waals surface area contributed by atoms with E-state index in [0.717, 1.165) is 56.9 Å². The molecule has 0 bridgehead atoms. The van der Waals surface area contributed by atoms with E-state index in [-0.39, 0.29) is 0 Å². The van der Waals surface area contributed by atoms with Crippen LogP contribution in [-0.4, -0.2) is 62.4 Å². The molecule has 118 valence electrons. The predicted octanol–water partition coefficient (Wildman–Crippen LogP) is 0.359. The molecule has 2 aromatic rings. The van der Waals surface area contributed by atoms with Gasteiger partial charge in [-0.2, -0.15) is 10.1 Å². The third kappa shape index (κ3) is 3.33. The maximum absolute atomic E-state index is 4.56. The summed E-state index contributed by atoms with van der Waals surface area (Å²) >= 11 is 0. The van der Waals surface area contributed by atoms with Gasteiger partial charge in [-0.05, 0) is 13.0 Å². The van der Waals surface area contributed by atoms with Crippen LogP contribution in [0.4, 0.5) is 11.8 Å². The maximum atomic E-state index is 4.56. The van der Waals surface area contributed by atoms with Crippen LogP contribution < -0.4 is 10.2 Å². The van der Waals surface area contributed by atoms with Crippen LogP contribution in [0.15, 0.2) is 18.6 Å². The summed E-state index contributed by atoms with van der Waals surface area (Å²) in [5.74, 6) is 2.68. The first-order valence-electron chi connectivity index (χ1n) is 7.63. The predicted molar refractivity (Wildman–Crippen MR) is 84.7 cm³/mol. The summed E-state index contributed by atoms with van der Waals surface area (Å²) in [7, 11) is 1.93. The van der Waals surface area contributed by atoms with E-state index in [0.29, 0.717) is 0 Å². The molecule has 1 saturated heterocycles. The Kier molecular flexibility index (Phi) is 4.47. The molecule has 0 amide bonds. The molecule has 0 spiro atoms. The van der Waals surface area contributed by atoms with Crippen LogP contribution in [0, 0.1) is 0 Å². The minimum Gasteiger partial charge on any atom is -0.370 e. The van der Waals surface area contributed by atoms with Crippen molar-refractivity contribution in [1.29, 1.82) is 0 Å². The zero-order chi connectivity index (χ0) is 15.4. The maximum Gasteiger partial charge on any atom is 0.227 e. The molecule has 0 aliphatic carbocycles. The number of piperazine rings is 1. The number of aromatic nitrogens is 5. The van der Waals surface area contributed by atoms with Crippen LogP contribution in [0.1, 0.15) is 12.7 Å². The first-order valence-corrected chi connectivity index (χ1v) is 7.63. The van der Waals surface area contributed by atoms with Crippen LogP contribution in [0.25, 0.3) is 0 Å². The molecule has 0 unspecified atom stereocenters. The van der Waals surface area contributed by atoms with E-state index < -0.39 is 0 Å². The number of aryl methyl sites for hydroxylation is 1. The van der Waals surface area contributed by atoms with Crippen molar-refractivity contribution in [2.75, 3.05) is 42.9 Å². The van der Waals surface area contributed by atoms with Gasteiger partial charge in [-0.25, -0.2) is 9.97 Å². The van der Waals surface area contributed by atoms with E-state index in [4.69, 9.17) is 0 Å². The number of hydrogen-bond donors (Lipinski definition) is 1. The van der Waals surface area contributed by atoms with Crippen molar-refractivity contribution in [3.05, 3.63) is 24.4 Å². The van der Waals surface area contributed by atoms with E-state index >= 15 is 0 Å². The van der Waals surface area contributed by atoms with Gasteiger partial charge >= 0.3 is 0 Å². The molecule has 1 N–H and O–H groups in total. The summed E-state index contributed by atoms with van der Waals surface area (Å²) in [5, 5.41) is 7.34. The van der Waals surface area contributed by atoms with Crippen LogP contribution in [-0.2, 0) is 13.6 Å². The molecule has 1 aliphatic rings. The van der Waals surface area contributed by atoms with Crippen molar-refractivity contribution in [2.24, 2.45) is 7.05 Å². The third-order valence-electron chi connectivity index (χ3n) is 3.83. The first-order chi connectivity index (χ1) is 10.8. The van der Waals surface area contributed by atoms with Crippen LogP contribution in [0.5, 0.6) is 0 Å². The summed E-state index contributed by atoms with van der Waals surface area (Å²) in [5.41, 5.74) is 0. The summed E-state index contributed by atoms with van der Waals surface area (Å²) in [6.07, 6.45) is 3.41. The topological polar surface area (TPSA) is 75.0 Å². The summed E-state index contributed by atoms with van der Waals surface area (Å²) in [6.45, 7) is 7.56. The Balaban J connectivity index is 1.57. The van der Waals surface area contributed by atoms with Gasteiger partial charge in [0.05, 0.1) is 6.54 Å². The van der Waals surface area contributed by atoms with Gasteiger partial charge in [0.25, 0.3) is 0 Å². The molecule has 1 fully saturated rings. The van der Waals surface area contributed by atoms with E-state index in [1.807, 2.05) is 24.0 Å². The molecule has 0 saturated carbocycles. The molecule has 22 heavy (non-hydrogen) atoms. The Hall–Kier alpha value is -2.22. The Morgan fingerprint density at radius 2 is 2.00 bits per heavy atom. The van der Waals surface area contributed by atoms with E-state index in [1.165, 1.54) is 0 Å². The van der Waals surface area contributed by atoms with Crippen molar-refractivity contribution in [3.8, 4) is 0 Å². The average Bonchev–Trinajstić information content (AvgIpc) is 2.94. The van der Waals surface area contributed by atoms with Crippen LogP contribution in [0.2, 0.25) is 0 Å². The summed E-state index contributed by atoms with van der Waals surface area (Å²) in [4.78, 5) is 17.8. The van der Waals surface area contributed by atoms with Gasteiger partial charge in [0.1, 0.15) is 18.0 Å². The van der Waals surface area contributed by atoms with E-state index in [2.05, 4.69) is 42.1 Å². The number of hydrogen-bond acceptors (Lipinski definition) is 7. The van der Waals surface area contributed by atoms with Crippen molar-refractivity contribution in [2.45, 2.75) is 13.5 Å². The molecule has 3 rings (SSSR count). The molecule has 0 aromatic carbocycles. The second-order valence-corrected chi connectivity index (χ2v) is 5.34. The van der Waals surface area contributed by atoms with Gasteiger partial charge in [0, 0.05) is 46.0 Å². The van der Waals surface area contributed by atoms with Crippen molar-refractivity contribution >= 4 is 11.8 Å². The average molecular weight is 302 g/mol. The minimum atomic E-state index is 0.803. The van der Waals surface area contributed by atoms with E-state index in [9.17, 15) is 0 Å². The fourth-order valence-corrected chi connectivity index (χ4v) is 2.55. The van der Waals surface area contributed by atoms with E-state index in [1.54, 1.807) is 6.33 Å². The summed E-state index contributed by atoms with van der Waals surface area (Å²) in [6, 6.07) is 1.90. The Bertz CT molecular complexity index is 602. The minimum absolute atomic E-state index is 0.803. The largest absolute Gasteiger partial charge is 0.370 e. The molecule has 0 atom stereocenters. The lowest BCUT2D eigenvalue weighted by atomic mass is 10.3. The highest BCUT2D eigenvalue weighted by atomic mass is 15.4. The second kappa shape index (κ2) is 6.69. The number of anilines is 2. The quantitative estimate of drug-likeness (QED) is 0.854. The Morgan fingerprint density at radius 3 is 2.68 bits per heavy atom. The number of rotatable bonds is 5. The fourth-order valence-electron chi connectivity index (χ4n) is 2.55. The second-order valence-electron chi connectivity index (χ2n) is 5.34. The normalized spacial score (nSPS) is 16.0. The SMILES string of the molecule is CCNc1ccnc(N2CCN(Cc3ncnn3C)CC2)n1. The van der Waals surface area contributed by atoms with Crippen LogP contribution >= 0.6 is 0 Å². The molecule has 8 heteroatoms. The standard InChI is InChI=1S/C14H22N8/c1-3-15-12-4-5-16-14(19-12)22-8-6-21(7-9-22)10-13-17-11-18-20(13)2/h4-5,11H,3,6-10H2,1-2H3,(H,15,16,19). The highest BCUT2D eigenvalue weighted by Gasteiger charge is 2.20. The summed E-state index contributed by atoms with van der Waals surface area (Å²) < 4.78 is 1.83. The van der Waals surface area contributed by atoms with Gasteiger partial charge in [-0.1, -0.05) is 0 Å². The van der Waals surface area contributed by atoms with Gasteiger partial charge in [-0.3, -0.25) is 9.58 Å². The number of nitrogens with zero attached hydrogens (tertiary/aromatic N) is 7. The van der Waals surface area contributed by atoms with Crippen molar-refractivity contribution in [3.63, 3.8) is 0 Å². The Labute approximate surface area is 130 Å². The van der Waals surface area contributed by atoms with Gasteiger partial charge < -0.3 is 10.2 Å². The molecule has 8 nitrogen and oxygen atoms in total. The molecule has 2 aromatic heterocycles. The highest BCUT2D eigenvalue weighted by molar-refractivity contribution is 5.41. The van der Waals surface area contributed by atoms with Gasteiger partial charge in [-0.15, -0.1) is 0 Å². The van der Waals surface area contributed by atoms with Crippen molar-refractivity contribution < 1.29 is 0 Å². The zero-order valence-electron chi connectivity index (χ0n) is 13.1. The monoisotopic (exact) mass is 302 g/mol. The molecule has 0 radical (unpaired) electrons. The third-order valence-corrected chi connectivity index (χ3v) is 3.83. The smallest absolute Gasteiger partial charge is 0.227 e. The fraction of sp³-hybridized carbons (Fsp3) is 0.571. The van der Waals surface area contributed by atoms with Crippen molar-refractivity contribution in [1.82, 2.24) is 29.6 Å². The van der Waals surface area contributed by atoms with Crippen LogP contribution in [0.3, 0.4) is 0 Å². The molecular weight excluding hydrogens is 280 g/mol. The lowest BCUT2D eigenvalue weighted by Crippen LogP contribution is -2.46. The van der Waals surface area contributed by atoms with Gasteiger partial charge in [0.2, 0.25) is 5.95 Å². The molecule has 1 aliphatic heterocycles. The Morgan fingerprint density at radius 1 is 1.18 bits per heavy atom. The molecule has 3 heterocycles.